The summed E-state index contributed by atoms with van der Waals surface area (Å²) in [6, 6.07) is 7.33. The van der Waals surface area contributed by atoms with Crippen LogP contribution in [0.4, 0.5) is 11.4 Å². The van der Waals surface area contributed by atoms with Crippen LogP contribution in [-0.2, 0) is 11.3 Å². The fourth-order valence-electron chi connectivity index (χ4n) is 2.62. The van der Waals surface area contributed by atoms with Gasteiger partial charge in [0.1, 0.15) is 11.4 Å². The standard InChI is InChI=1S/C15H13Cl2N3O/c1-20-7-9-3-2-4-11(15(9)13(20)8-21)19-12-5-14(17)18-6-10(12)16/h2-6,8,13H,7H2,1H3,(H,18,19). The van der Waals surface area contributed by atoms with Gasteiger partial charge in [0.05, 0.1) is 16.8 Å². The molecular formula is C15H13Cl2N3O. The molecule has 0 bridgehead atoms. The van der Waals surface area contributed by atoms with E-state index in [1.807, 2.05) is 30.1 Å². The summed E-state index contributed by atoms with van der Waals surface area (Å²) < 4.78 is 0. The molecule has 3 rings (SSSR count). The number of hydrogen-bond donors (Lipinski definition) is 1. The molecule has 2 heterocycles. The van der Waals surface area contributed by atoms with Crippen molar-refractivity contribution in [3.8, 4) is 0 Å². The smallest absolute Gasteiger partial charge is 0.141 e. The molecular weight excluding hydrogens is 309 g/mol. The number of anilines is 2. The van der Waals surface area contributed by atoms with E-state index < -0.39 is 0 Å². The number of rotatable bonds is 3. The minimum atomic E-state index is -0.250. The SMILES string of the molecule is CN1Cc2cccc(Nc3cc(Cl)ncc3Cl)c2C1C=O. The fourth-order valence-corrected chi connectivity index (χ4v) is 2.93. The lowest BCUT2D eigenvalue weighted by Gasteiger charge is -2.17. The van der Waals surface area contributed by atoms with E-state index in [4.69, 9.17) is 23.2 Å². The third kappa shape index (κ3) is 2.62. The molecule has 0 aliphatic carbocycles. The van der Waals surface area contributed by atoms with Crippen LogP contribution < -0.4 is 5.32 Å². The Morgan fingerprint density at radius 3 is 2.95 bits per heavy atom. The molecule has 0 radical (unpaired) electrons. The first-order valence-electron chi connectivity index (χ1n) is 6.45. The number of nitrogens with zero attached hydrogens (tertiary/aromatic N) is 2. The molecule has 2 aromatic rings. The number of benzene rings is 1. The minimum absolute atomic E-state index is 0.250. The molecule has 0 spiro atoms. The topological polar surface area (TPSA) is 45.2 Å². The highest BCUT2D eigenvalue weighted by atomic mass is 35.5. The van der Waals surface area contributed by atoms with Gasteiger partial charge in [0, 0.05) is 30.1 Å². The van der Waals surface area contributed by atoms with Gasteiger partial charge in [0.15, 0.2) is 0 Å². The van der Waals surface area contributed by atoms with Crippen molar-refractivity contribution in [1.82, 2.24) is 9.88 Å². The first-order chi connectivity index (χ1) is 10.1. The van der Waals surface area contributed by atoms with Gasteiger partial charge in [-0.2, -0.15) is 0 Å². The number of aldehydes is 1. The molecule has 1 atom stereocenters. The predicted molar refractivity (Wildman–Crippen MR) is 84.3 cm³/mol. The molecule has 0 amide bonds. The number of pyridine rings is 1. The zero-order valence-electron chi connectivity index (χ0n) is 11.3. The number of carbonyl (C=O) groups is 1. The second-order valence-electron chi connectivity index (χ2n) is 4.99. The number of likely N-dealkylation sites (N-methyl/N-ethyl adjacent to an activating group) is 1. The zero-order chi connectivity index (χ0) is 15.0. The van der Waals surface area contributed by atoms with E-state index in [2.05, 4.69) is 10.3 Å². The Morgan fingerprint density at radius 2 is 2.19 bits per heavy atom. The second kappa shape index (κ2) is 5.64. The van der Waals surface area contributed by atoms with E-state index in [9.17, 15) is 4.79 Å². The lowest BCUT2D eigenvalue weighted by molar-refractivity contribution is -0.111. The van der Waals surface area contributed by atoms with Crippen LogP contribution >= 0.6 is 23.2 Å². The maximum atomic E-state index is 11.4. The maximum absolute atomic E-state index is 11.4. The summed E-state index contributed by atoms with van der Waals surface area (Å²) in [7, 11) is 1.93. The molecule has 0 saturated carbocycles. The van der Waals surface area contributed by atoms with Crippen LogP contribution in [-0.4, -0.2) is 23.2 Å². The molecule has 0 fully saturated rings. The van der Waals surface area contributed by atoms with Crippen molar-refractivity contribution >= 4 is 40.9 Å². The third-order valence-electron chi connectivity index (χ3n) is 3.61. The van der Waals surface area contributed by atoms with Crippen molar-refractivity contribution < 1.29 is 4.79 Å². The monoisotopic (exact) mass is 321 g/mol. The van der Waals surface area contributed by atoms with Crippen LogP contribution in [0.5, 0.6) is 0 Å². The second-order valence-corrected chi connectivity index (χ2v) is 5.78. The van der Waals surface area contributed by atoms with Gasteiger partial charge in [-0.05, 0) is 18.7 Å². The quantitative estimate of drug-likeness (QED) is 0.689. The normalized spacial score (nSPS) is 17.6. The van der Waals surface area contributed by atoms with E-state index in [1.165, 1.54) is 6.20 Å². The van der Waals surface area contributed by atoms with Crippen molar-refractivity contribution in [3.05, 3.63) is 51.8 Å². The average Bonchev–Trinajstić information content (AvgIpc) is 2.79. The number of hydrogen-bond acceptors (Lipinski definition) is 4. The number of halogens is 2. The molecule has 6 heteroatoms. The lowest BCUT2D eigenvalue weighted by atomic mass is 10.0. The Balaban J connectivity index is 2.03. The van der Waals surface area contributed by atoms with Gasteiger partial charge < -0.3 is 10.1 Å². The Morgan fingerprint density at radius 1 is 1.38 bits per heavy atom. The first-order valence-corrected chi connectivity index (χ1v) is 7.21. The molecule has 1 aliphatic rings. The largest absolute Gasteiger partial charge is 0.354 e. The molecule has 108 valence electrons. The van der Waals surface area contributed by atoms with E-state index in [0.29, 0.717) is 15.9 Å². The van der Waals surface area contributed by atoms with Gasteiger partial charge in [-0.1, -0.05) is 35.3 Å². The number of carbonyl (C=O) groups excluding carboxylic acids is 1. The highest BCUT2D eigenvalue weighted by Crippen LogP contribution is 2.38. The summed E-state index contributed by atoms with van der Waals surface area (Å²) in [5.74, 6) is 0. The molecule has 1 aliphatic heterocycles. The van der Waals surface area contributed by atoms with Gasteiger partial charge in [-0.15, -0.1) is 0 Å². The van der Waals surface area contributed by atoms with Gasteiger partial charge in [-0.3, -0.25) is 4.90 Å². The highest BCUT2D eigenvalue weighted by molar-refractivity contribution is 6.34. The van der Waals surface area contributed by atoms with Crippen molar-refractivity contribution in [2.45, 2.75) is 12.6 Å². The van der Waals surface area contributed by atoms with Crippen molar-refractivity contribution in [3.63, 3.8) is 0 Å². The van der Waals surface area contributed by atoms with Crippen LogP contribution in [0.25, 0.3) is 0 Å². The zero-order valence-corrected chi connectivity index (χ0v) is 12.8. The number of nitrogens with one attached hydrogen (secondary N) is 1. The van der Waals surface area contributed by atoms with E-state index in [0.717, 1.165) is 29.6 Å². The van der Waals surface area contributed by atoms with Crippen LogP contribution in [0.1, 0.15) is 17.2 Å². The van der Waals surface area contributed by atoms with Gasteiger partial charge in [-0.25, -0.2) is 4.98 Å². The summed E-state index contributed by atoms with van der Waals surface area (Å²) in [6.07, 6.45) is 2.46. The first kappa shape index (κ1) is 14.3. The lowest BCUT2D eigenvalue weighted by Crippen LogP contribution is -2.17. The van der Waals surface area contributed by atoms with Crippen molar-refractivity contribution in [2.24, 2.45) is 0 Å². The molecule has 21 heavy (non-hydrogen) atoms. The summed E-state index contributed by atoms with van der Waals surface area (Å²) in [5, 5.41) is 4.09. The van der Waals surface area contributed by atoms with E-state index in [-0.39, 0.29) is 6.04 Å². The predicted octanol–water partition coefficient (Wildman–Crippen LogP) is 3.82. The van der Waals surface area contributed by atoms with Crippen LogP contribution in [0.15, 0.2) is 30.5 Å². The van der Waals surface area contributed by atoms with Crippen LogP contribution in [0, 0.1) is 0 Å². The molecule has 1 unspecified atom stereocenters. The van der Waals surface area contributed by atoms with Crippen molar-refractivity contribution in [2.75, 3.05) is 12.4 Å². The average molecular weight is 322 g/mol. The van der Waals surface area contributed by atoms with E-state index in [1.54, 1.807) is 6.07 Å². The summed E-state index contributed by atoms with van der Waals surface area (Å²) in [5.41, 5.74) is 3.65. The molecule has 1 aromatic heterocycles. The molecule has 0 saturated heterocycles. The van der Waals surface area contributed by atoms with E-state index >= 15 is 0 Å². The molecule has 1 N–H and O–H groups in total. The van der Waals surface area contributed by atoms with Gasteiger partial charge >= 0.3 is 0 Å². The molecule has 4 nitrogen and oxygen atoms in total. The molecule has 1 aromatic carbocycles. The highest BCUT2D eigenvalue weighted by Gasteiger charge is 2.29. The number of fused-ring (bicyclic) bond motifs is 1. The number of aromatic nitrogens is 1. The maximum Gasteiger partial charge on any atom is 0.141 e. The van der Waals surface area contributed by atoms with Gasteiger partial charge in [0.2, 0.25) is 0 Å². The van der Waals surface area contributed by atoms with Crippen LogP contribution in [0.2, 0.25) is 10.2 Å². The Labute approximate surface area is 132 Å². The summed E-state index contributed by atoms with van der Waals surface area (Å²) in [4.78, 5) is 17.3. The van der Waals surface area contributed by atoms with Crippen molar-refractivity contribution in [1.29, 1.82) is 0 Å². The minimum Gasteiger partial charge on any atom is -0.354 e. The third-order valence-corrected chi connectivity index (χ3v) is 4.11. The fraction of sp³-hybridized carbons (Fsp3) is 0.200. The Kier molecular flexibility index (Phi) is 3.85. The summed E-state index contributed by atoms with van der Waals surface area (Å²) in [6.45, 7) is 0.749. The Bertz CT molecular complexity index is 705. The Hall–Kier alpha value is -1.62. The van der Waals surface area contributed by atoms with Crippen LogP contribution in [0.3, 0.4) is 0 Å². The van der Waals surface area contributed by atoms with Gasteiger partial charge in [0.25, 0.3) is 0 Å². The summed E-state index contributed by atoms with van der Waals surface area (Å²) >= 11 is 12.0.